The fourth-order valence-corrected chi connectivity index (χ4v) is 3.63. The van der Waals surface area contributed by atoms with E-state index in [0.717, 1.165) is 65.4 Å². The molecule has 0 fully saturated rings. The molecule has 1 unspecified atom stereocenters. The van der Waals surface area contributed by atoms with Crippen molar-refractivity contribution in [1.82, 2.24) is 19.5 Å². The van der Waals surface area contributed by atoms with Gasteiger partial charge in [0.1, 0.15) is 11.3 Å². The van der Waals surface area contributed by atoms with Gasteiger partial charge >= 0.3 is 0 Å². The second-order valence-electron chi connectivity index (χ2n) is 6.71. The Morgan fingerprint density at radius 1 is 1.12 bits per heavy atom. The number of aryl methyl sites for hydroxylation is 3. The van der Waals surface area contributed by atoms with Crippen LogP contribution in [0.15, 0.2) is 24.4 Å². The Labute approximate surface area is 155 Å². The maximum absolute atomic E-state index is 5.32. The van der Waals surface area contributed by atoms with E-state index in [1.807, 2.05) is 26.1 Å². The van der Waals surface area contributed by atoms with Gasteiger partial charge in [-0.15, -0.1) is 0 Å². The molecule has 3 aromatic rings. The van der Waals surface area contributed by atoms with E-state index in [0.29, 0.717) is 6.04 Å². The molecule has 0 spiro atoms. The maximum atomic E-state index is 5.32. The van der Waals surface area contributed by atoms with E-state index in [-0.39, 0.29) is 0 Å². The first-order valence-electron chi connectivity index (χ1n) is 9.40. The fourth-order valence-electron chi connectivity index (χ4n) is 3.63. The summed E-state index contributed by atoms with van der Waals surface area (Å²) in [7, 11) is 1.76. The molecule has 0 N–H and O–H groups in total. The quantitative estimate of drug-likeness (QED) is 0.620. The first-order valence-corrected chi connectivity index (χ1v) is 9.40. The van der Waals surface area contributed by atoms with E-state index < -0.39 is 0 Å². The van der Waals surface area contributed by atoms with Crippen molar-refractivity contribution >= 4 is 11.0 Å². The number of hydrogen-bond donors (Lipinski definition) is 0. The van der Waals surface area contributed by atoms with Gasteiger partial charge in [-0.2, -0.15) is 0 Å². The average molecular weight is 352 g/mol. The number of methoxy groups -OCH3 is 1. The lowest BCUT2D eigenvalue weighted by molar-refractivity contribution is 0.177. The van der Waals surface area contributed by atoms with Gasteiger partial charge in [0.25, 0.3) is 0 Å². The number of nitrogens with zero attached hydrogens (tertiary/aromatic N) is 4. The lowest BCUT2D eigenvalue weighted by Crippen LogP contribution is -2.13. The van der Waals surface area contributed by atoms with Crippen LogP contribution in [0.3, 0.4) is 0 Å². The van der Waals surface area contributed by atoms with Crippen molar-refractivity contribution in [1.29, 1.82) is 0 Å². The van der Waals surface area contributed by atoms with Crippen molar-refractivity contribution in [2.75, 3.05) is 13.7 Å². The Morgan fingerprint density at radius 2 is 1.92 bits per heavy atom. The number of ether oxygens (including phenoxy) is 1. The van der Waals surface area contributed by atoms with Crippen molar-refractivity contribution in [3.8, 4) is 11.3 Å². The van der Waals surface area contributed by atoms with E-state index in [1.165, 1.54) is 0 Å². The van der Waals surface area contributed by atoms with Gasteiger partial charge < -0.3 is 9.30 Å². The molecule has 3 rings (SSSR count). The van der Waals surface area contributed by atoms with E-state index in [2.05, 4.69) is 40.5 Å². The molecule has 0 saturated carbocycles. The Hall–Kier alpha value is -2.27. The molecule has 5 nitrogen and oxygen atoms in total. The third kappa shape index (κ3) is 3.36. The summed E-state index contributed by atoms with van der Waals surface area (Å²) in [5, 5.41) is 0. The van der Waals surface area contributed by atoms with Gasteiger partial charge in [0, 0.05) is 49.3 Å². The molecule has 0 aliphatic heterocycles. The summed E-state index contributed by atoms with van der Waals surface area (Å²) >= 11 is 0. The summed E-state index contributed by atoms with van der Waals surface area (Å²) in [4.78, 5) is 14.2. The molecular weight excluding hydrogens is 324 g/mol. The van der Waals surface area contributed by atoms with Crippen molar-refractivity contribution in [2.45, 2.75) is 53.0 Å². The van der Waals surface area contributed by atoms with Crippen LogP contribution < -0.4 is 0 Å². The summed E-state index contributed by atoms with van der Waals surface area (Å²) < 4.78 is 7.71. The third-order valence-corrected chi connectivity index (χ3v) is 4.97. The number of fused-ring (bicyclic) bond motifs is 1. The van der Waals surface area contributed by atoms with Crippen molar-refractivity contribution in [2.24, 2.45) is 0 Å². The molecule has 0 saturated heterocycles. The van der Waals surface area contributed by atoms with Gasteiger partial charge in [-0.3, -0.25) is 9.97 Å². The Bertz CT molecular complexity index is 900. The van der Waals surface area contributed by atoms with Gasteiger partial charge in [-0.1, -0.05) is 13.8 Å². The monoisotopic (exact) mass is 352 g/mol. The van der Waals surface area contributed by atoms with Crippen LogP contribution in [0, 0.1) is 13.8 Å². The Morgan fingerprint density at radius 3 is 2.58 bits per heavy atom. The maximum Gasteiger partial charge on any atom is 0.115 e. The Kier molecular flexibility index (Phi) is 5.67. The normalized spacial score (nSPS) is 12.7. The predicted octanol–water partition coefficient (Wildman–Crippen LogP) is 4.66. The SMILES string of the molecule is CCc1nc2c(-c3ccc(C)nc3C)nccc2n1C(CC)CCOC. The van der Waals surface area contributed by atoms with Crippen LogP contribution in [0.25, 0.3) is 22.3 Å². The smallest absolute Gasteiger partial charge is 0.115 e. The molecular formula is C21H28N4O. The fraction of sp³-hybridized carbons (Fsp3) is 0.476. The van der Waals surface area contributed by atoms with E-state index in [1.54, 1.807) is 7.11 Å². The van der Waals surface area contributed by atoms with Crippen molar-refractivity contribution < 1.29 is 4.74 Å². The average Bonchev–Trinajstić information content (AvgIpc) is 3.01. The molecule has 1 atom stereocenters. The molecule has 0 amide bonds. The number of pyridine rings is 2. The highest BCUT2D eigenvalue weighted by molar-refractivity contribution is 5.90. The largest absolute Gasteiger partial charge is 0.385 e. The third-order valence-electron chi connectivity index (χ3n) is 4.97. The summed E-state index contributed by atoms with van der Waals surface area (Å²) in [6.45, 7) is 9.18. The van der Waals surface area contributed by atoms with Crippen molar-refractivity contribution in [3.63, 3.8) is 0 Å². The molecule has 26 heavy (non-hydrogen) atoms. The molecule has 3 heterocycles. The molecule has 5 heteroatoms. The zero-order valence-corrected chi connectivity index (χ0v) is 16.4. The van der Waals surface area contributed by atoms with Crippen LogP contribution in [0.5, 0.6) is 0 Å². The van der Waals surface area contributed by atoms with Crippen LogP contribution in [0.1, 0.15) is 49.9 Å². The molecule has 138 valence electrons. The van der Waals surface area contributed by atoms with Gasteiger partial charge in [-0.25, -0.2) is 4.98 Å². The van der Waals surface area contributed by atoms with Gasteiger partial charge in [-0.05, 0) is 44.9 Å². The minimum Gasteiger partial charge on any atom is -0.385 e. The molecule has 0 aliphatic carbocycles. The highest BCUT2D eigenvalue weighted by Crippen LogP contribution is 2.32. The lowest BCUT2D eigenvalue weighted by atomic mass is 10.1. The number of aromatic nitrogens is 4. The first-order chi connectivity index (χ1) is 12.6. The number of hydrogen-bond acceptors (Lipinski definition) is 4. The highest BCUT2D eigenvalue weighted by Gasteiger charge is 2.20. The molecule has 0 aromatic carbocycles. The number of rotatable bonds is 7. The van der Waals surface area contributed by atoms with Gasteiger partial charge in [0.15, 0.2) is 0 Å². The van der Waals surface area contributed by atoms with Gasteiger partial charge in [0.05, 0.1) is 11.2 Å². The highest BCUT2D eigenvalue weighted by atomic mass is 16.5. The summed E-state index contributed by atoms with van der Waals surface area (Å²) in [6, 6.07) is 6.60. The topological polar surface area (TPSA) is 52.8 Å². The van der Waals surface area contributed by atoms with Gasteiger partial charge in [0.2, 0.25) is 0 Å². The van der Waals surface area contributed by atoms with E-state index in [9.17, 15) is 0 Å². The molecule has 0 bridgehead atoms. The number of imidazole rings is 1. The second-order valence-corrected chi connectivity index (χ2v) is 6.71. The first kappa shape index (κ1) is 18.5. The lowest BCUT2D eigenvalue weighted by Gasteiger charge is -2.20. The summed E-state index contributed by atoms with van der Waals surface area (Å²) in [6.07, 6.45) is 4.80. The molecule has 0 aliphatic rings. The minimum atomic E-state index is 0.377. The van der Waals surface area contributed by atoms with E-state index >= 15 is 0 Å². The minimum absolute atomic E-state index is 0.377. The predicted molar refractivity (Wildman–Crippen MR) is 105 cm³/mol. The molecule has 3 aromatic heterocycles. The van der Waals surface area contributed by atoms with Crippen LogP contribution in [0.2, 0.25) is 0 Å². The van der Waals surface area contributed by atoms with Crippen LogP contribution >= 0.6 is 0 Å². The second kappa shape index (κ2) is 7.96. The van der Waals surface area contributed by atoms with Crippen LogP contribution in [-0.4, -0.2) is 33.2 Å². The standard InChI is InChI=1S/C21H28N4O/c1-6-16(11-13-26-5)25-18-10-12-22-20(21(18)24-19(25)7-2)17-9-8-14(3)23-15(17)4/h8-10,12,16H,6-7,11,13H2,1-5H3. The van der Waals surface area contributed by atoms with E-state index in [4.69, 9.17) is 9.72 Å². The summed E-state index contributed by atoms with van der Waals surface area (Å²) in [5.74, 6) is 1.11. The zero-order valence-electron chi connectivity index (χ0n) is 16.4. The summed E-state index contributed by atoms with van der Waals surface area (Å²) in [5.41, 5.74) is 6.09. The van der Waals surface area contributed by atoms with Crippen molar-refractivity contribution in [3.05, 3.63) is 41.6 Å². The Balaban J connectivity index is 2.20. The zero-order chi connectivity index (χ0) is 18.7. The molecule has 0 radical (unpaired) electrons. The van der Waals surface area contributed by atoms with Crippen LogP contribution in [-0.2, 0) is 11.2 Å². The van der Waals surface area contributed by atoms with Crippen LogP contribution in [0.4, 0.5) is 0 Å².